The van der Waals surface area contributed by atoms with E-state index in [2.05, 4.69) is 0 Å². The van der Waals surface area contributed by atoms with Gasteiger partial charge in [-0.2, -0.15) is 0 Å². The topological polar surface area (TPSA) is 43.4 Å². The van der Waals surface area contributed by atoms with Crippen LogP contribution in [0.15, 0.2) is 18.2 Å². The average molecular weight is 341 g/mol. The van der Waals surface area contributed by atoms with Gasteiger partial charge in [0, 0.05) is 12.0 Å². The van der Waals surface area contributed by atoms with E-state index >= 15 is 0 Å². The van der Waals surface area contributed by atoms with Gasteiger partial charge in [-0.15, -0.1) is 0 Å². The predicted molar refractivity (Wildman–Crippen MR) is 85.3 cm³/mol. The van der Waals surface area contributed by atoms with Crippen LogP contribution in [-0.2, 0) is 9.53 Å². The Bertz CT molecular complexity index is 634. The van der Waals surface area contributed by atoms with Crippen LogP contribution in [0.5, 0.6) is 0 Å². The van der Waals surface area contributed by atoms with Gasteiger partial charge < -0.3 is 4.74 Å². The van der Waals surface area contributed by atoms with Crippen LogP contribution in [0.2, 0.25) is 10.0 Å². The lowest BCUT2D eigenvalue weighted by Crippen LogP contribution is -2.66. The molecule has 3 aliphatic rings. The highest BCUT2D eigenvalue weighted by Crippen LogP contribution is 2.77. The summed E-state index contributed by atoms with van der Waals surface area (Å²) in [5, 5.41) is 0.857. The highest BCUT2D eigenvalue weighted by Gasteiger charge is 2.70. The number of hydrogen-bond donors (Lipinski definition) is 0. The molecule has 3 aliphatic carbocycles. The zero-order valence-corrected chi connectivity index (χ0v) is 14.1. The SMILES string of the molecule is COC(=O)C(C)C12CC(CC(=O)c3ccc(Cl)c(Cl)c3)(C1)C2. The Morgan fingerprint density at radius 2 is 1.86 bits per heavy atom. The Kier molecular flexibility index (Phi) is 3.77. The first-order chi connectivity index (χ1) is 10.3. The fourth-order valence-corrected chi connectivity index (χ4v) is 4.57. The van der Waals surface area contributed by atoms with E-state index < -0.39 is 0 Å². The molecule has 4 rings (SSSR count). The maximum absolute atomic E-state index is 12.4. The standard InChI is InChI=1S/C17H18Cl2O3/c1-10(15(21)22-2)17-7-16(8-17,9-17)6-14(20)11-3-4-12(18)13(19)5-11/h3-5,10H,6-9H2,1-2H3. The third-order valence-electron chi connectivity index (χ3n) is 5.43. The summed E-state index contributed by atoms with van der Waals surface area (Å²) < 4.78 is 4.83. The van der Waals surface area contributed by atoms with E-state index in [-0.39, 0.29) is 28.5 Å². The van der Waals surface area contributed by atoms with Crippen LogP contribution in [0.4, 0.5) is 0 Å². The normalized spacial score (nSPS) is 30.0. The van der Waals surface area contributed by atoms with Crippen molar-refractivity contribution >= 4 is 35.0 Å². The Morgan fingerprint density at radius 3 is 2.41 bits per heavy atom. The molecule has 0 aromatic heterocycles. The molecule has 0 aliphatic heterocycles. The predicted octanol–water partition coefficient (Wildman–Crippen LogP) is 4.55. The van der Waals surface area contributed by atoms with Crippen LogP contribution in [0.1, 0.15) is 43.0 Å². The minimum atomic E-state index is -0.149. The maximum atomic E-state index is 12.4. The molecule has 5 heteroatoms. The molecule has 2 bridgehead atoms. The number of benzene rings is 1. The molecule has 22 heavy (non-hydrogen) atoms. The van der Waals surface area contributed by atoms with Gasteiger partial charge in [-0.1, -0.05) is 30.1 Å². The number of ketones is 1. The van der Waals surface area contributed by atoms with Crippen molar-refractivity contribution in [1.82, 2.24) is 0 Å². The van der Waals surface area contributed by atoms with Gasteiger partial charge in [0.2, 0.25) is 0 Å². The lowest BCUT2D eigenvalue weighted by molar-refractivity contribution is -0.233. The molecular formula is C17H18Cl2O3. The van der Waals surface area contributed by atoms with Gasteiger partial charge in [0.25, 0.3) is 0 Å². The van der Waals surface area contributed by atoms with Crippen LogP contribution in [0.3, 0.4) is 0 Å². The summed E-state index contributed by atoms with van der Waals surface area (Å²) in [6, 6.07) is 5.00. The molecule has 0 radical (unpaired) electrons. The third kappa shape index (κ3) is 2.35. The number of rotatable bonds is 5. The minimum Gasteiger partial charge on any atom is -0.469 e. The zero-order valence-electron chi connectivity index (χ0n) is 12.6. The Hall–Kier alpha value is -1.06. The van der Waals surface area contributed by atoms with Crippen molar-refractivity contribution in [2.75, 3.05) is 7.11 Å². The second-order valence-electron chi connectivity index (χ2n) is 6.87. The number of carbonyl (C=O) groups excluding carboxylic acids is 2. The first-order valence-corrected chi connectivity index (χ1v) is 8.13. The van der Waals surface area contributed by atoms with E-state index in [0.717, 1.165) is 19.3 Å². The molecule has 3 fully saturated rings. The smallest absolute Gasteiger partial charge is 0.308 e. The lowest BCUT2D eigenvalue weighted by atomic mass is 9.31. The van der Waals surface area contributed by atoms with E-state index in [0.29, 0.717) is 22.0 Å². The number of Topliss-reactive ketones (excluding diaryl/α,β-unsaturated/α-hetero) is 1. The van der Waals surface area contributed by atoms with E-state index in [4.69, 9.17) is 27.9 Å². The monoisotopic (exact) mass is 340 g/mol. The number of halogens is 2. The van der Waals surface area contributed by atoms with Gasteiger partial charge in [0.05, 0.1) is 23.1 Å². The summed E-state index contributed by atoms with van der Waals surface area (Å²) in [5.41, 5.74) is 0.741. The molecule has 3 saturated carbocycles. The van der Waals surface area contributed by atoms with E-state index in [1.54, 1.807) is 18.2 Å². The van der Waals surface area contributed by atoms with Gasteiger partial charge >= 0.3 is 5.97 Å². The summed E-state index contributed by atoms with van der Waals surface area (Å²) in [7, 11) is 1.42. The molecule has 0 N–H and O–H groups in total. The highest BCUT2D eigenvalue weighted by atomic mass is 35.5. The number of carbonyl (C=O) groups is 2. The van der Waals surface area contributed by atoms with Gasteiger partial charge in [0.1, 0.15) is 0 Å². The summed E-state index contributed by atoms with van der Waals surface area (Å²) in [5.74, 6) is -0.138. The fourth-order valence-electron chi connectivity index (χ4n) is 4.27. The van der Waals surface area contributed by atoms with E-state index in [9.17, 15) is 9.59 Å². The Balaban J connectivity index is 1.62. The second-order valence-corrected chi connectivity index (χ2v) is 7.68. The first kappa shape index (κ1) is 15.8. The molecule has 3 nitrogen and oxygen atoms in total. The molecule has 118 valence electrons. The van der Waals surface area contributed by atoms with Crippen molar-refractivity contribution in [3.63, 3.8) is 0 Å². The minimum absolute atomic E-state index is 0.0605. The summed E-state index contributed by atoms with van der Waals surface area (Å²) in [4.78, 5) is 24.1. The molecule has 0 heterocycles. The fraction of sp³-hybridized carbons (Fsp3) is 0.529. The molecule has 1 unspecified atom stereocenters. The summed E-state index contributed by atoms with van der Waals surface area (Å²) >= 11 is 11.8. The van der Waals surface area contributed by atoms with Crippen molar-refractivity contribution in [1.29, 1.82) is 0 Å². The first-order valence-electron chi connectivity index (χ1n) is 7.37. The molecular weight excluding hydrogens is 323 g/mol. The molecule has 1 atom stereocenters. The van der Waals surface area contributed by atoms with Gasteiger partial charge in [-0.05, 0) is 48.3 Å². The number of esters is 1. The van der Waals surface area contributed by atoms with Gasteiger partial charge in [-0.3, -0.25) is 9.59 Å². The van der Waals surface area contributed by atoms with Crippen molar-refractivity contribution in [2.45, 2.75) is 32.6 Å². The van der Waals surface area contributed by atoms with Crippen molar-refractivity contribution in [3.8, 4) is 0 Å². The van der Waals surface area contributed by atoms with Crippen LogP contribution in [0, 0.1) is 16.7 Å². The van der Waals surface area contributed by atoms with Crippen molar-refractivity contribution < 1.29 is 14.3 Å². The van der Waals surface area contributed by atoms with Crippen LogP contribution < -0.4 is 0 Å². The largest absolute Gasteiger partial charge is 0.469 e. The van der Waals surface area contributed by atoms with Gasteiger partial charge in [-0.25, -0.2) is 0 Å². The summed E-state index contributed by atoms with van der Waals surface area (Å²) in [6.07, 6.45) is 3.32. The lowest BCUT2D eigenvalue weighted by Gasteiger charge is -2.72. The highest BCUT2D eigenvalue weighted by molar-refractivity contribution is 6.42. The average Bonchev–Trinajstić information content (AvgIpc) is 2.42. The maximum Gasteiger partial charge on any atom is 0.308 e. The van der Waals surface area contributed by atoms with Crippen molar-refractivity contribution in [2.24, 2.45) is 16.7 Å². The molecule has 0 amide bonds. The Morgan fingerprint density at radius 1 is 1.23 bits per heavy atom. The third-order valence-corrected chi connectivity index (χ3v) is 6.17. The number of hydrogen-bond acceptors (Lipinski definition) is 3. The zero-order chi connectivity index (χ0) is 16.1. The van der Waals surface area contributed by atoms with E-state index in [1.807, 2.05) is 6.92 Å². The van der Waals surface area contributed by atoms with Crippen LogP contribution >= 0.6 is 23.2 Å². The van der Waals surface area contributed by atoms with Crippen LogP contribution in [-0.4, -0.2) is 18.9 Å². The van der Waals surface area contributed by atoms with Crippen molar-refractivity contribution in [3.05, 3.63) is 33.8 Å². The Labute approximate surface area is 139 Å². The molecule has 0 saturated heterocycles. The number of ether oxygens (including phenoxy) is 1. The molecule has 0 spiro atoms. The quantitative estimate of drug-likeness (QED) is 0.583. The van der Waals surface area contributed by atoms with Crippen LogP contribution in [0.25, 0.3) is 0 Å². The molecule has 1 aromatic carbocycles. The van der Waals surface area contributed by atoms with E-state index in [1.165, 1.54) is 7.11 Å². The second kappa shape index (κ2) is 5.24. The molecule has 1 aromatic rings. The van der Waals surface area contributed by atoms with Gasteiger partial charge in [0.15, 0.2) is 5.78 Å². The number of methoxy groups -OCH3 is 1. The summed E-state index contributed by atoms with van der Waals surface area (Å²) in [6.45, 7) is 1.93.